The van der Waals surface area contributed by atoms with Crippen molar-refractivity contribution in [3.63, 3.8) is 0 Å². The number of hydrogen-bond acceptors (Lipinski definition) is 5. The standard InChI is InChI=1S/C21H23N3O3S/c1-14-19(21(24(2)23-14)28-16-8-6-5-7-9-16)20(25)22-13-15-10-11-17(26-3)18(12-15)27-4/h5-12H,13H2,1-4H3,(H,22,25). The van der Waals surface area contributed by atoms with Crippen LogP contribution < -0.4 is 14.8 Å². The molecule has 0 saturated carbocycles. The summed E-state index contributed by atoms with van der Waals surface area (Å²) in [6, 6.07) is 15.5. The van der Waals surface area contributed by atoms with Crippen LogP contribution in [0.25, 0.3) is 0 Å². The van der Waals surface area contributed by atoms with Gasteiger partial charge in [-0.15, -0.1) is 0 Å². The van der Waals surface area contributed by atoms with Gasteiger partial charge in [0.05, 0.1) is 25.5 Å². The number of methoxy groups -OCH3 is 2. The van der Waals surface area contributed by atoms with Crippen molar-refractivity contribution in [2.45, 2.75) is 23.4 Å². The fraction of sp³-hybridized carbons (Fsp3) is 0.238. The maximum Gasteiger partial charge on any atom is 0.256 e. The van der Waals surface area contributed by atoms with E-state index in [1.54, 1.807) is 18.9 Å². The Balaban J connectivity index is 1.78. The van der Waals surface area contributed by atoms with Crippen LogP contribution in [0.2, 0.25) is 0 Å². The summed E-state index contributed by atoms with van der Waals surface area (Å²) in [5, 5.41) is 8.23. The molecular weight excluding hydrogens is 374 g/mol. The van der Waals surface area contributed by atoms with Crippen molar-refractivity contribution >= 4 is 17.7 Å². The largest absolute Gasteiger partial charge is 0.493 e. The summed E-state index contributed by atoms with van der Waals surface area (Å²) in [5.41, 5.74) is 2.22. The molecule has 1 heterocycles. The Kier molecular flexibility index (Phi) is 6.26. The second-order valence-electron chi connectivity index (χ2n) is 6.18. The average Bonchev–Trinajstić information content (AvgIpc) is 2.99. The Morgan fingerprint density at radius 1 is 1.11 bits per heavy atom. The van der Waals surface area contributed by atoms with Gasteiger partial charge in [0, 0.05) is 18.5 Å². The molecule has 1 aromatic heterocycles. The highest BCUT2D eigenvalue weighted by atomic mass is 32.2. The summed E-state index contributed by atoms with van der Waals surface area (Å²) in [4.78, 5) is 14.0. The molecule has 0 saturated heterocycles. The zero-order valence-corrected chi connectivity index (χ0v) is 17.2. The minimum atomic E-state index is -0.154. The Morgan fingerprint density at radius 2 is 1.82 bits per heavy atom. The maximum atomic E-state index is 12.9. The molecule has 146 valence electrons. The highest BCUT2D eigenvalue weighted by Crippen LogP contribution is 2.32. The molecule has 0 radical (unpaired) electrons. The number of nitrogens with one attached hydrogen (secondary N) is 1. The zero-order valence-electron chi connectivity index (χ0n) is 16.4. The van der Waals surface area contributed by atoms with Crippen molar-refractivity contribution in [1.82, 2.24) is 15.1 Å². The maximum absolute atomic E-state index is 12.9. The van der Waals surface area contributed by atoms with Gasteiger partial charge in [-0.1, -0.05) is 36.0 Å². The molecule has 3 aromatic rings. The van der Waals surface area contributed by atoms with E-state index in [0.717, 1.165) is 15.5 Å². The van der Waals surface area contributed by atoms with E-state index in [9.17, 15) is 4.79 Å². The summed E-state index contributed by atoms with van der Waals surface area (Å²) in [6.07, 6.45) is 0. The number of carbonyl (C=O) groups is 1. The molecule has 0 aliphatic carbocycles. The van der Waals surface area contributed by atoms with Gasteiger partial charge in [0.2, 0.25) is 0 Å². The van der Waals surface area contributed by atoms with Crippen LogP contribution in [0.4, 0.5) is 0 Å². The first-order chi connectivity index (χ1) is 13.5. The highest BCUT2D eigenvalue weighted by Gasteiger charge is 2.21. The molecule has 1 amide bonds. The van der Waals surface area contributed by atoms with Gasteiger partial charge >= 0.3 is 0 Å². The van der Waals surface area contributed by atoms with Crippen LogP contribution in [0.3, 0.4) is 0 Å². The Hall–Kier alpha value is -2.93. The van der Waals surface area contributed by atoms with Crippen molar-refractivity contribution in [3.8, 4) is 11.5 Å². The first-order valence-corrected chi connectivity index (χ1v) is 9.60. The van der Waals surface area contributed by atoms with Crippen molar-refractivity contribution in [2.24, 2.45) is 7.05 Å². The quantitative estimate of drug-likeness (QED) is 0.656. The van der Waals surface area contributed by atoms with Crippen LogP contribution in [0.5, 0.6) is 11.5 Å². The van der Waals surface area contributed by atoms with Crippen molar-refractivity contribution in [3.05, 3.63) is 65.4 Å². The monoisotopic (exact) mass is 397 g/mol. The number of nitrogens with zero attached hydrogens (tertiary/aromatic N) is 2. The van der Waals surface area contributed by atoms with Gasteiger partial charge in [0.25, 0.3) is 5.91 Å². The predicted molar refractivity (Wildman–Crippen MR) is 109 cm³/mol. The molecule has 0 aliphatic rings. The third-order valence-corrected chi connectivity index (χ3v) is 5.42. The molecule has 0 unspecified atom stereocenters. The topological polar surface area (TPSA) is 65.4 Å². The van der Waals surface area contributed by atoms with Crippen LogP contribution in [-0.2, 0) is 13.6 Å². The molecule has 0 aliphatic heterocycles. The van der Waals surface area contributed by atoms with Crippen LogP contribution in [0.1, 0.15) is 21.6 Å². The minimum absolute atomic E-state index is 0.154. The molecule has 0 spiro atoms. The summed E-state index contributed by atoms with van der Waals surface area (Å²) < 4.78 is 12.3. The van der Waals surface area contributed by atoms with E-state index in [2.05, 4.69) is 10.4 Å². The molecule has 0 bridgehead atoms. The van der Waals surface area contributed by atoms with E-state index < -0.39 is 0 Å². The van der Waals surface area contributed by atoms with Gasteiger partial charge in [-0.05, 0) is 36.8 Å². The van der Waals surface area contributed by atoms with Gasteiger partial charge < -0.3 is 14.8 Å². The van der Waals surface area contributed by atoms with Gasteiger partial charge in [-0.25, -0.2) is 0 Å². The predicted octanol–water partition coefficient (Wildman–Crippen LogP) is 3.83. The van der Waals surface area contributed by atoms with Crippen molar-refractivity contribution in [2.75, 3.05) is 14.2 Å². The Labute approximate surface area is 168 Å². The van der Waals surface area contributed by atoms with E-state index in [4.69, 9.17) is 9.47 Å². The number of carbonyl (C=O) groups excluding carboxylic acids is 1. The number of hydrogen-bond donors (Lipinski definition) is 1. The number of amides is 1. The second kappa shape index (κ2) is 8.84. The molecule has 3 rings (SSSR count). The molecule has 0 fully saturated rings. The number of ether oxygens (including phenoxy) is 2. The van der Waals surface area contributed by atoms with Crippen LogP contribution in [-0.4, -0.2) is 29.9 Å². The van der Waals surface area contributed by atoms with Crippen LogP contribution in [0, 0.1) is 6.92 Å². The first-order valence-electron chi connectivity index (χ1n) is 8.79. The first kappa shape index (κ1) is 19.8. The summed E-state index contributed by atoms with van der Waals surface area (Å²) in [5.74, 6) is 1.13. The molecule has 28 heavy (non-hydrogen) atoms. The highest BCUT2D eigenvalue weighted by molar-refractivity contribution is 7.99. The lowest BCUT2D eigenvalue weighted by Crippen LogP contribution is -2.23. The third-order valence-electron chi connectivity index (χ3n) is 4.26. The lowest BCUT2D eigenvalue weighted by Gasteiger charge is -2.11. The van der Waals surface area contributed by atoms with Gasteiger partial charge in [-0.2, -0.15) is 5.10 Å². The lowest BCUT2D eigenvalue weighted by molar-refractivity contribution is 0.0947. The lowest BCUT2D eigenvalue weighted by atomic mass is 10.2. The van der Waals surface area contributed by atoms with Gasteiger partial charge in [0.1, 0.15) is 5.03 Å². The fourth-order valence-corrected chi connectivity index (χ4v) is 3.91. The van der Waals surface area contributed by atoms with E-state index in [-0.39, 0.29) is 5.91 Å². The number of rotatable bonds is 7. The normalized spacial score (nSPS) is 10.6. The molecule has 2 aromatic carbocycles. The minimum Gasteiger partial charge on any atom is -0.493 e. The Bertz CT molecular complexity index is 971. The number of benzene rings is 2. The fourth-order valence-electron chi connectivity index (χ4n) is 2.88. The van der Waals surface area contributed by atoms with Gasteiger partial charge in [-0.3, -0.25) is 9.48 Å². The molecule has 7 heteroatoms. The number of aromatic nitrogens is 2. The van der Waals surface area contributed by atoms with Crippen LogP contribution in [0.15, 0.2) is 58.5 Å². The smallest absolute Gasteiger partial charge is 0.256 e. The average molecular weight is 398 g/mol. The molecular formula is C21H23N3O3S. The van der Waals surface area contributed by atoms with Crippen molar-refractivity contribution < 1.29 is 14.3 Å². The summed E-state index contributed by atoms with van der Waals surface area (Å²) in [6.45, 7) is 2.23. The van der Waals surface area contributed by atoms with E-state index in [1.165, 1.54) is 11.8 Å². The SMILES string of the molecule is COc1ccc(CNC(=O)c2c(C)nn(C)c2Sc2ccccc2)cc1OC. The number of aryl methyl sites for hydroxylation is 2. The zero-order chi connectivity index (χ0) is 20.1. The van der Waals surface area contributed by atoms with E-state index >= 15 is 0 Å². The second-order valence-corrected chi connectivity index (χ2v) is 7.24. The van der Waals surface area contributed by atoms with E-state index in [0.29, 0.717) is 29.3 Å². The molecule has 0 atom stereocenters. The third kappa shape index (κ3) is 4.31. The summed E-state index contributed by atoms with van der Waals surface area (Å²) in [7, 11) is 5.03. The molecule has 1 N–H and O–H groups in total. The Morgan fingerprint density at radius 3 is 2.50 bits per heavy atom. The summed E-state index contributed by atoms with van der Waals surface area (Å²) >= 11 is 1.53. The van der Waals surface area contributed by atoms with Gasteiger partial charge in [0.15, 0.2) is 11.5 Å². The van der Waals surface area contributed by atoms with Crippen molar-refractivity contribution in [1.29, 1.82) is 0 Å². The van der Waals surface area contributed by atoms with E-state index in [1.807, 2.05) is 62.5 Å². The molecule has 6 nitrogen and oxygen atoms in total. The van der Waals surface area contributed by atoms with Crippen LogP contribution >= 0.6 is 11.8 Å².